The van der Waals surface area contributed by atoms with Crippen LogP contribution in [-0.2, 0) is 26.2 Å². The van der Waals surface area contributed by atoms with Gasteiger partial charge in [-0.15, -0.1) is 0 Å². The Kier molecular flexibility index (Phi) is 11.2. The lowest BCUT2D eigenvalue weighted by Gasteiger charge is -2.34. The first-order valence-electron chi connectivity index (χ1n) is 13.6. The van der Waals surface area contributed by atoms with Gasteiger partial charge in [0.25, 0.3) is 10.0 Å². The van der Waals surface area contributed by atoms with Crippen molar-refractivity contribution in [1.82, 2.24) is 10.2 Å². The fraction of sp³-hybridized carbons (Fsp3) is 0.355. The van der Waals surface area contributed by atoms with E-state index in [1.54, 1.807) is 60.7 Å². The Labute approximate surface area is 248 Å². The van der Waals surface area contributed by atoms with Gasteiger partial charge >= 0.3 is 0 Å². The van der Waals surface area contributed by atoms with Gasteiger partial charge in [0.05, 0.1) is 17.7 Å². The Morgan fingerprint density at radius 1 is 0.951 bits per heavy atom. The normalized spacial score (nSPS) is 12.7. The topological polar surface area (TPSA) is 96.0 Å². The maximum atomic E-state index is 14.2. The summed E-state index contributed by atoms with van der Waals surface area (Å²) >= 11 is 6.45. The molecule has 2 amide bonds. The van der Waals surface area contributed by atoms with Crippen molar-refractivity contribution < 1.29 is 22.7 Å². The summed E-state index contributed by atoms with van der Waals surface area (Å²) in [4.78, 5) is 29.0. The predicted octanol–water partition coefficient (Wildman–Crippen LogP) is 5.57. The molecule has 0 aliphatic carbocycles. The Balaban J connectivity index is 2.11. The molecule has 0 unspecified atom stereocenters. The fourth-order valence-electron chi connectivity index (χ4n) is 4.36. The summed E-state index contributed by atoms with van der Waals surface area (Å²) in [6, 6.07) is 19.2. The highest BCUT2D eigenvalue weighted by atomic mass is 35.5. The van der Waals surface area contributed by atoms with Gasteiger partial charge in [0.1, 0.15) is 18.3 Å². The summed E-state index contributed by atoms with van der Waals surface area (Å²) in [5.74, 6) is -0.583. The second kappa shape index (κ2) is 14.4. The third-order valence-electron chi connectivity index (χ3n) is 6.93. The molecule has 0 aliphatic heterocycles. The van der Waals surface area contributed by atoms with E-state index < -0.39 is 28.5 Å². The van der Waals surface area contributed by atoms with E-state index in [1.165, 1.54) is 24.1 Å². The number of nitrogens with one attached hydrogen (secondary N) is 1. The van der Waals surface area contributed by atoms with E-state index in [9.17, 15) is 18.0 Å². The van der Waals surface area contributed by atoms with Crippen molar-refractivity contribution in [1.29, 1.82) is 0 Å². The van der Waals surface area contributed by atoms with Crippen molar-refractivity contribution in [3.63, 3.8) is 0 Å². The molecule has 0 heterocycles. The first-order valence-corrected chi connectivity index (χ1v) is 15.4. The molecule has 0 saturated heterocycles. The number of aryl methyl sites for hydroxylation is 1. The molecule has 1 N–H and O–H groups in total. The van der Waals surface area contributed by atoms with Gasteiger partial charge in [0.2, 0.25) is 11.8 Å². The van der Waals surface area contributed by atoms with E-state index in [0.29, 0.717) is 17.0 Å². The zero-order valence-electron chi connectivity index (χ0n) is 24.1. The van der Waals surface area contributed by atoms with Crippen molar-refractivity contribution in [3.05, 3.63) is 88.9 Å². The molecule has 3 aromatic rings. The SMILES string of the molecule is CC[C@H](C(=O)N[C@@H](C)CC)N(Cc1ccccc1Cl)C(=O)CN(c1ccccc1OC)S(=O)(=O)c1ccc(C)cc1. The van der Waals surface area contributed by atoms with Gasteiger partial charge in [-0.3, -0.25) is 13.9 Å². The first-order chi connectivity index (χ1) is 19.5. The molecule has 3 rings (SSSR count). The molecule has 10 heteroatoms. The Bertz CT molecular complexity index is 1450. The molecule has 41 heavy (non-hydrogen) atoms. The Morgan fingerprint density at radius 3 is 2.20 bits per heavy atom. The maximum absolute atomic E-state index is 14.2. The zero-order valence-corrected chi connectivity index (χ0v) is 25.7. The quantitative estimate of drug-likeness (QED) is 0.277. The lowest BCUT2D eigenvalue weighted by atomic mass is 10.1. The Hall–Kier alpha value is -3.56. The molecule has 0 spiro atoms. The molecule has 0 fully saturated rings. The van der Waals surface area contributed by atoms with Crippen molar-refractivity contribution in [2.75, 3.05) is 18.0 Å². The van der Waals surface area contributed by atoms with Crippen LogP contribution in [-0.4, -0.2) is 50.9 Å². The Morgan fingerprint density at radius 2 is 1.59 bits per heavy atom. The third-order valence-corrected chi connectivity index (χ3v) is 9.07. The standard InChI is InChI=1S/C31H38ClN3O5S/c1-6-23(4)33-31(37)27(7-2)34(20-24-12-8-9-13-26(24)32)30(36)21-35(28-14-10-11-15-29(28)40-5)41(38,39)25-18-16-22(3)17-19-25/h8-19,23,27H,6-7,20-21H2,1-5H3,(H,33,37)/t23-,27+/m0/s1. The molecule has 0 saturated carbocycles. The number of hydrogen-bond acceptors (Lipinski definition) is 5. The number of ether oxygens (including phenoxy) is 1. The molecule has 0 aromatic heterocycles. The molecular weight excluding hydrogens is 562 g/mol. The van der Waals surface area contributed by atoms with Crippen LogP contribution in [0.4, 0.5) is 5.69 Å². The average molecular weight is 600 g/mol. The van der Waals surface area contributed by atoms with Crippen LogP contribution in [0.3, 0.4) is 0 Å². The molecule has 0 radical (unpaired) electrons. The summed E-state index contributed by atoms with van der Waals surface area (Å²) in [5, 5.41) is 3.40. The molecular formula is C31H38ClN3O5S. The smallest absolute Gasteiger partial charge is 0.264 e. The number of sulfonamides is 1. The number of rotatable bonds is 13. The van der Waals surface area contributed by atoms with Crippen LogP contribution < -0.4 is 14.4 Å². The fourth-order valence-corrected chi connectivity index (χ4v) is 5.98. The van der Waals surface area contributed by atoms with Gasteiger partial charge in [0, 0.05) is 17.6 Å². The van der Waals surface area contributed by atoms with Crippen molar-refractivity contribution in [3.8, 4) is 5.75 Å². The van der Waals surface area contributed by atoms with Gasteiger partial charge in [-0.2, -0.15) is 0 Å². The largest absolute Gasteiger partial charge is 0.495 e. The van der Waals surface area contributed by atoms with Crippen LogP contribution in [0, 0.1) is 6.92 Å². The molecule has 220 valence electrons. The van der Waals surface area contributed by atoms with Crippen LogP contribution in [0.5, 0.6) is 5.75 Å². The molecule has 3 aromatic carbocycles. The van der Waals surface area contributed by atoms with Crippen molar-refractivity contribution in [2.45, 2.75) is 64.1 Å². The van der Waals surface area contributed by atoms with E-state index in [1.807, 2.05) is 27.7 Å². The van der Waals surface area contributed by atoms with E-state index >= 15 is 0 Å². The van der Waals surface area contributed by atoms with Crippen molar-refractivity contribution in [2.24, 2.45) is 0 Å². The number of benzene rings is 3. The molecule has 0 bridgehead atoms. The predicted molar refractivity (Wildman–Crippen MR) is 163 cm³/mol. The van der Waals surface area contributed by atoms with E-state index in [-0.39, 0.29) is 34.8 Å². The van der Waals surface area contributed by atoms with Crippen LogP contribution in [0.15, 0.2) is 77.7 Å². The maximum Gasteiger partial charge on any atom is 0.264 e. The van der Waals surface area contributed by atoms with E-state index in [0.717, 1.165) is 16.3 Å². The summed E-state index contributed by atoms with van der Waals surface area (Å²) < 4.78 is 34.6. The summed E-state index contributed by atoms with van der Waals surface area (Å²) in [5.41, 5.74) is 1.74. The molecule has 8 nitrogen and oxygen atoms in total. The summed E-state index contributed by atoms with van der Waals surface area (Å²) in [7, 11) is -2.77. The number of nitrogens with zero attached hydrogens (tertiary/aromatic N) is 2. The minimum Gasteiger partial charge on any atom is -0.495 e. The highest BCUT2D eigenvalue weighted by Gasteiger charge is 2.35. The number of hydrogen-bond donors (Lipinski definition) is 1. The van der Waals surface area contributed by atoms with Gasteiger partial charge in [0.15, 0.2) is 0 Å². The number of carbonyl (C=O) groups excluding carboxylic acids is 2. The lowest BCUT2D eigenvalue weighted by Crippen LogP contribution is -2.53. The monoisotopic (exact) mass is 599 g/mol. The van der Waals surface area contributed by atoms with Gasteiger partial charge in [-0.25, -0.2) is 8.42 Å². The number of halogens is 1. The zero-order chi connectivity index (χ0) is 30.2. The van der Waals surface area contributed by atoms with Crippen molar-refractivity contribution >= 4 is 39.1 Å². The first kappa shape index (κ1) is 32.0. The van der Waals surface area contributed by atoms with Gasteiger partial charge in [-0.1, -0.05) is 73.5 Å². The highest BCUT2D eigenvalue weighted by molar-refractivity contribution is 7.92. The van der Waals surface area contributed by atoms with E-state index in [4.69, 9.17) is 16.3 Å². The number of carbonyl (C=O) groups is 2. The van der Waals surface area contributed by atoms with Crippen LogP contribution in [0.25, 0.3) is 0 Å². The molecule has 2 atom stereocenters. The second-order valence-corrected chi connectivity index (χ2v) is 12.1. The minimum absolute atomic E-state index is 0.0231. The number of para-hydroxylation sites is 2. The number of amides is 2. The second-order valence-electron chi connectivity index (χ2n) is 9.85. The van der Waals surface area contributed by atoms with E-state index in [2.05, 4.69) is 5.32 Å². The molecule has 0 aliphatic rings. The van der Waals surface area contributed by atoms with Crippen LogP contribution >= 0.6 is 11.6 Å². The minimum atomic E-state index is -4.21. The average Bonchev–Trinajstić information content (AvgIpc) is 2.96. The van der Waals surface area contributed by atoms with Crippen LogP contribution in [0.2, 0.25) is 5.02 Å². The third kappa shape index (κ3) is 7.80. The summed E-state index contributed by atoms with van der Waals surface area (Å²) in [6.45, 7) is 6.99. The summed E-state index contributed by atoms with van der Waals surface area (Å²) in [6.07, 6.45) is 1.04. The van der Waals surface area contributed by atoms with Gasteiger partial charge in [-0.05, 0) is 62.6 Å². The number of methoxy groups -OCH3 is 1. The van der Waals surface area contributed by atoms with Gasteiger partial charge < -0.3 is 15.0 Å². The van der Waals surface area contributed by atoms with Crippen LogP contribution in [0.1, 0.15) is 44.7 Å². The highest BCUT2D eigenvalue weighted by Crippen LogP contribution is 2.33. The lowest BCUT2D eigenvalue weighted by molar-refractivity contribution is -0.140. The number of anilines is 1.